The highest BCUT2D eigenvalue weighted by Crippen LogP contribution is 2.47. The highest BCUT2D eigenvalue weighted by atomic mass is 35.5. The second kappa shape index (κ2) is 19.9. The number of carbonyl (C=O) groups excluding carboxylic acids is 2. The fraction of sp³-hybridized carbons (Fsp3) is 0.609. The molecule has 2 saturated carbocycles. The third kappa shape index (κ3) is 9.28. The number of ether oxygens (including phenoxy) is 2. The second-order valence-corrected chi connectivity index (χ2v) is 19.2. The maximum Gasteiger partial charge on any atom is 0.363 e. The van der Waals surface area contributed by atoms with Crippen LogP contribution in [-0.2, 0) is 32.1 Å². The summed E-state index contributed by atoms with van der Waals surface area (Å²) in [4.78, 5) is 41.6. The molecule has 6 heterocycles. The average molecular weight is 952 g/mol. The van der Waals surface area contributed by atoms with Crippen molar-refractivity contribution in [1.82, 2.24) is 30.2 Å². The van der Waals surface area contributed by atoms with Gasteiger partial charge in [0.05, 0.1) is 45.8 Å². The van der Waals surface area contributed by atoms with Crippen LogP contribution in [0, 0.1) is 0 Å². The van der Waals surface area contributed by atoms with Crippen LogP contribution in [0.1, 0.15) is 125 Å². The van der Waals surface area contributed by atoms with E-state index in [0.29, 0.717) is 96.5 Å². The van der Waals surface area contributed by atoms with Gasteiger partial charge >= 0.3 is 11.9 Å². The Kier molecular flexibility index (Phi) is 13.6. The molecule has 2 atom stereocenters. The number of nitrogens with zero attached hydrogens (tertiary/aromatic N) is 6. The summed E-state index contributed by atoms with van der Waals surface area (Å²) in [6.45, 7) is 4.87. The number of rotatable bonds is 13. The molecule has 2 unspecified atom stereocenters. The van der Waals surface area contributed by atoms with Crippen molar-refractivity contribution >= 4 is 46.5 Å². The quantitative estimate of drug-likeness (QED) is 0.0978. The van der Waals surface area contributed by atoms with Crippen molar-refractivity contribution in [2.24, 2.45) is 0 Å². The van der Waals surface area contributed by atoms with Crippen LogP contribution in [0.25, 0.3) is 22.9 Å². The fourth-order valence-corrected chi connectivity index (χ4v) is 11.2. The van der Waals surface area contributed by atoms with Crippen LogP contribution >= 0.6 is 23.2 Å². The molecule has 0 bridgehead atoms. The van der Waals surface area contributed by atoms with Crippen LogP contribution in [0.2, 0.25) is 10.0 Å². The smallest absolute Gasteiger partial charge is 0.363 e. The third-order valence-corrected chi connectivity index (χ3v) is 15.0. The lowest BCUT2D eigenvalue weighted by Crippen LogP contribution is -2.43. The van der Waals surface area contributed by atoms with Crippen LogP contribution < -0.4 is 20.4 Å². The molecule has 66 heavy (non-hydrogen) atoms. The number of hydrogen-bond donors (Lipinski definition) is 4. The van der Waals surface area contributed by atoms with Crippen LogP contribution in [0.3, 0.4) is 0 Å². The van der Waals surface area contributed by atoms with Crippen LogP contribution in [0.5, 0.6) is 11.5 Å². The predicted molar refractivity (Wildman–Crippen MR) is 240 cm³/mol. The molecular formula is C46H56Cl2N8O10. The van der Waals surface area contributed by atoms with E-state index in [1.54, 1.807) is 12.1 Å². The molecular weight excluding hydrogens is 895 g/mol. The van der Waals surface area contributed by atoms with E-state index in [0.717, 1.165) is 51.9 Å². The first kappa shape index (κ1) is 45.1. The summed E-state index contributed by atoms with van der Waals surface area (Å²) in [7, 11) is 0. The van der Waals surface area contributed by atoms with Crippen LogP contribution in [-0.4, -0.2) is 116 Å². The van der Waals surface area contributed by atoms with Crippen LogP contribution in [0.4, 0.5) is 11.4 Å². The van der Waals surface area contributed by atoms with Gasteiger partial charge in [-0.1, -0.05) is 48.9 Å². The maximum absolute atomic E-state index is 13.0. The summed E-state index contributed by atoms with van der Waals surface area (Å²) in [6, 6.07) is 4.53. The van der Waals surface area contributed by atoms with Crippen molar-refractivity contribution in [3.05, 3.63) is 45.1 Å². The van der Waals surface area contributed by atoms with Crippen molar-refractivity contribution in [2.75, 3.05) is 50.4 Å². The zero-order chi connectivity index (χ0) is 45.3. The number of carbonyl (C=O) groups is 2. The number of piperidine rings is 2. The molecule has 0 spiro atoms. The molecule has 6 aliphatic rings. The highest BCUT2D eigenvalue weighted by molar-refractivity contribution is 6.34. The van der Waals surface area contributed by atoms with Gasteiger partial charge in [-0.25, -0.2) is 20.5 Å². The average Bonchev–Trinajstić information content (AvgIpc) is 4.22. The van der Waals surface area contributed by atoms with E-state index in [1.165, 1.54) is 51.4 Å². The standard InChI is InChI=1S/C46H56Cl2N8O10/c47-33-23-31(43-51-49-41(63-43)25-13-17-55(18-14-25)27-7-1-2-8-27)39-29(11-5-21-61-39)35(33)53-65-45(59)37(57)38(58)46(60)66-54-36-30-12-6-22-62-40(30)32(24-34(36)48)44-52-50-42(64-44)26-15-19-56(20-16-26)28-9-3-4-10-28/h23-28,37-38,53-54,57-58H,1-22H2. The van der Waals surface area contributed by atoms with Crippen molar-refractivity contribution in [3.8, 4) is 34.4 Å². The molecule has 0 amide bonds. The number of nitrogens with one attached hydrogen (secondary N) is 2. The van der Waals surface area contributed by atoms with Crippen molar-refractivity contribution in [2.45, 2.75) is 139 Å². The van der Waals surface area contributed by atoms with Gasteiger partial charge in [-0.15, -0.1) is 20.4 Å². The normalized spacial score (nSPS) is 21.1. The number of hydrogen-bond acceptors (Lipinski definition) is 18. The minimum atomic E-state index is -2.35. The van der Waals surface area contributed by atoms with Gasteiger partial charge in [-0.3, -0.25) is 0 Å². The molecule has 10 rings (SSSR count). The molecule has 20 heteroatoms. The van der Waals surface area contributed by atoms with Gasteiger partial charge < -0.3 is 48.0 Å². The number of aliphatic hydroxyl groups excluding tert-OH is 2. The van der Waals surface area contributed by atoms with Gasteiger partial charge in [0.15, 0.2) is 12.2 Å². The molecule has 2 aliphatic carbocycles. The summed E-state index contributed by atoms with van der Waals surface area (Å²) in [5.74, 6) is 0.143. The lowest BCUT2D eigenvalue weighted by molar-refractivity contribution is -0.169. The van der Waals surface area contributed by atoms with Gasteiger partial charge in [-0.05, 0) is 115 Å². The predicted octanol–water partition coefficient (Wildman–Crippen LogP) is 7.15. The number of benzene rings is 2. The van der Waals surface area contributed by atoms with Gasteiger partial charge in [0.2, 0.25) is 11.8 Å². The van der Waals surface area contributed by atoms with E-state index < -0.39 is 24.1 Å². The molecule has 4 fully saturated rings. The van der Waals surface area contributed by atoms with Gasteiger partial charge in [0, 0.05) is 35.0 Å². The van der Waals surface area contributed by atoms with Gasteiger partial charge in [-0.2, -0.15) is 0 Å². The Morgan fingerprint density at radius 3 is 1.39 bits per heavy atom. The molecule has 2 aromatic carbocycles. The largest absolute Gasteiger partial charge is 0.492 e. The topological polar surface area (TPSA) is 220 Å². The first-order valence-corrected chi connectivity index (χ1v) is 24.4. The molecule has 4 aromatic rings. The second-order valence-electron chi connectivity index (χ2n) is 18.4. The number of fused-ring (bicyclic) bond motifs is 2. The highest BCUT2D eigenvalue weighted by Gasteiger charge is 2.37. The minimum absolute atomic E-state index is 0.148. The first-order chi connectivity index (χ1) is 32.2. The first-order valence-electron chi connectivity index (χ1n) is 23.6. The van der Waals surface area contributed by atoms with E-state index in [4.69, 9.17) is 51.2 Å². The molecule has 18 nitrogen and oxygen atoms in total. The molecule has 0 radical (unpaired) electrons. The lowest BCUT2D eigenvalue weighted by atomic mass is 9.95. The van der Waals surface area contributed by atoms with E-state index in [1.807, 2.05) is 0 Å². The Balaban J connectivity index is 0.756. The number of halogens is 2. The third-order valence-electron chi connectivity index (χ3n) is 14.4. The Labute approximate surface area is 391 Å². The van der Waals surface area contributed by atoms with Crippen molar-refractivity contribution in [1.29, 1.82) is 0 Å². The SMILES string of the molecule is O=C(ONc1c(Cl)cc(-c2nnc(C3CCN(C4CCCC4)CC3)o2)c2c1CCCO2)C(O)C(O)C(=O)ONc1c(Cl)cc(-c2nnc(C3CCN(C4CCCC4)CC3)o2)c2c1CCCO2. The minimum Gasteiger partial charge on any atom is -0.492 e. The summed E-state index contributed by atoms with van der Waals surface area (Å²) in [5.41, 5.74) is 7.61. The van der Waals surface area contributed by atoms with E-state index >= 15 is 0 Å². The zero-order valence-electron chi connectivity index (χ0n) is 36.8. The van der Waals surface area contributed by atoms with Crippen molar-refractivity contribution < 1.29 is 47.8 Å². The summed E-state index contributed by atoms with van der Waals surface area (Å²) >= 11 is 13.5. The maximum atomic E-state index is 13.0. The molecule has 4 aliphatic heterocycles. The summed E-state index contributed by atoms with van der Waals surface area (Å²) in [6.07, 6.45) is 11.7. The monoisotopic (exact) mass is 950 g/mol. The Hall–Kier alpha value is -4.72. The molecule has 4 N–H and O–H groups in total. The molecule has 354 valence electrons. The Morgan fingerprint density at radius 1 is 0.606 bits per heavy atom. The number of likely N-dealkylation sites (tertiary alicyclic amines) is 2. The zero-order valence-corrected chi connectivity index (χ0v) is 38.3. The number of aliphatic hydroxyl groups is 2. The van der Waals surface area contributed by atoms with Crippen molar-refractivity contribution in [3.63, 3.8) is 0 Å². The lowest BCUT2D eigenvalue weighted by Gasteiger charge is -2.34. The van der Waals surface area contributed by atoms with Gasteiger partial charge in [0.1, 0.15) is 11.5 Å². The molecule has 2 saturated heterocycles. The number of anilines is 2. The fourth-order valence-electron chi connectivity index (χ4n) is 10.7. The Morgan fingerprint density at radius 2 is 1.00 bits per heavy atom. The van der Waals surface area contributed by atoms with E-state index in [2.05, 4.69) is 41.2 Å². The number of aromatic nitrogens is 4. The summed E-state index contributed by atoms with van der Waals surface area (Å²) < 4.78 is 24.6. The molecule has 2 aromatic heterocycles. The van der Waals surface area contributed by atoms with E-state index in [-0.39, 0.29) is 45.0 Å². The van der Waals surface area contributed by atoms with E-state index in [9.17, 15) is 19.8 Å². The van der Waals surface area contributed by atoms with Crippen LogP contribution in [0.15, 0.2) is 21.0 Å². The van der Waals surface area contributed by atoms with Gasteiger partial charge in [0.25, 0.3) is 11.8 Å². The summed E-state index contributed by atoms with van der Waals surface area (Å²) in [5, 5.41) is 39.3. The Bertz CT molecular complexity index is 2220.